The van der Waals surface area contributed by atoms with Crippen LogP contribution in [-0.2, 0) is 13.6 Å². The predicted octanol–water partition coefficient (Wildman–Crippen LogP) is 3.46. The fourth-order valence-electron chi connectivity index (χ4n) is 3.32. The first-order chi connectivity index (χ1) is 12.1. The van der Waals surface area contributed by atoms with Crippen LogP contribution in [0.1, 0.15) is 83.3 Å². The third-order valence-electron chi connectivity index (χ3n) is 5.13. The summed E-state index contributed by atoms with van der Waals surface area (Å²) in [4.78, 5) is 4.80. The molecule has 142 valence electrons. The van der Waals surface area contributed by atoms with E-state index in [1.807, 2.05) is 18.5 Å². The summed E-state index contributed by atoms with van der Waals surface area (Å²) in [5, 5.41) is 15.6. The minimum Gasteiger partial charge on any atom is -0.354 e. The van der Waals surface area contributed by atoms with E-state index < -0.39 is 0 Å². The van der Waals surface area contributed by atoms with E-state index in [1.54, 1.807) is 0 Å². The summed E-state index contributed by atoms with van der Waals surface area (Å²) < 4.78 is 2.01. The van der Waals surface area contributed by atoms with Crippen LogP contribution in [0, 0.1) is 6.92 Å². The molecule has 1 saturated carbocycles. The Balaban J connectivity index is 1.96. The van der Waals surface area contributed by atoms with Gasteiger partial charge >= 0.3 is 0 Å². The Hall–Kier alpha value is -1.59. The van der Waals surface area contributed by atoms with Crippen LogP contribution in [0.2, 0.25) is 0 Å². The van der Waals surface area contributed by atoms with Gasteiger partial charge in [-0.3, -0.25) is 0 Å². The van der Waals surface area contributed by atoms with Gasteiger partial charge in [-0.25, -0.2) is 4.99 Å². The summed E-state index contributed by atoms with van der Waals surface area (Å²) in [6, 6.07) is 0.978. The molecule has 0 bridgehead atoms. The third kappa shape index (κ3) is 6.67. The van der Waals surface area contributed by atoms with Crippen LogP contribution in [0.5, 0.6) is 0 Å². The van der Waals surface area contributed by atoms with Crippen LogP contribution >= 0.6 is 0 Å². The van der Waals surface area contributed by atoms with E-state index in [9.17, 15) is 0 Å². The second-order valence-corrected chi connectivity index (χ2v) is 7.41. The zero-order chi connectivity index (χ0) is 18.1. The Morgan fingerprint density at radius 1 is 1.24 bits per heavy atom. The number of unbranched alkanes of at least 4 members (excludes halogenated alkanes) is 2. The Bertz CT molecular complexity index is 530. The van der Waals surface area contributed by atoms with E-state index in [1.165, 1.54) is 57.8 Å². The highest BCUT2D eigenvalue weighted by Crippen LogP contribution is 2.17. The molecule has 1 aromatic rings. The molecule has 1 atom stereocenters. The van der Waals surface area contributed by atoms with E-state index in [2.05, 4.69) is 34.7 Å². The van der Waals surface area contributed by atoms with Crippen molar-refractivity contribution in [2.24, 2.45) is 12.0 Å². The summed E-state index contributed by atoms with van der Waals surface area (Å²) >= 11 is 0. The Labute approximate surface area is 152 Å². The summed E-state index contributed by atoms with van der Waals surface area (Å²) in [5.74, 6) is 2.75. The van der Waals surface area contributed by atoms with Crippen molar-refractivity contribution in [3.05, 3.63) is 11.6 Å². The van der Waals surface area contributed by atoms with Gasteiger partial charge in [0.05, 0.1) is 0 Å². The van der Waals surface area contributed by atoms with Crippen LogP contribution in [0.3, 0.4) is 0 Å². The topological polar surface area (TPSA) is 67.1 Å². The minimum absolute atomic E-state index is 0.433. The number of nitrogens with one attached hydrogen (secondary N) is 2. The van der Waals surface area contributed by atoms with Crippen LogP contribution in [0.4, 0.5) is 0 Å². The zero-order valence-corrected chi connectivity index (χ0v) is 16.5. The number of aromatic nitrogens is 3. The van der Waals surface area contributed by atoms with Crippen LogP contribution < -0.4 is 10.6 Å². The van der Waals surface area contributed by atoms with Gasteiger partial charge < -0.3 is 15.2 Å². The van der Waals surface area contributed by atoms with Gasteiger partial charge in [0, 0.05) is 19.1 Å². The quantitative estimate of drug-likeness (QED) is 0.429. The molecule has 1 aliphatic carbocycles. The SMILES string of the molecule is CCCCCC(C)NC(=NCc1nnc(C)n1C)NC1CCCCC1. The van der Waals surface area contributed by atoms with E-state index in [0.717, 1.165) is 17.6 Å². The summed E-state index contributed by atoms with van der Waals surface area (Å²) in [5.41, 5.74) is 0. The second kappa shape index (κ2) is 10.4. The predicted molar refractivity (Wildman–Crippen MR) is 104 cm³/mol. The monoisotopic (exact) mass is 348 g/mol. The Kier molecular flexibility index (Phi) is 8.22. The molecular formula is C19H36N6. The van der Waals surface area contributed by atoms with Crippen LogP contribution in [0.15, 0.2) is 4.99 Å². The number of guanidine groups is 1. The molecular weight excluding hydrogens is 312 g/mol. The molecule has 0 aromatic carbocycles. The van der Waals surface area contributed by atoms with Gasteiger partial charge in [0.15, 0.2) is 11.8 Å². The summed E-state index contributed by atoms with van der Waals surface area (Å²) in [6.07, 6.45) is 11.5. The lowest BCUT2D eigenvalue weighted by atomic mass is 9.96. The van der Waals surface area contributed by atoms with Gasteiger partial charge in [-0.2, -0.15) is 0 Å². The molecule has 0 spiro atoms. The highest BCUT2D eigenvalue weighted by Gasteiger charge is 2.16. The fraction of sp³-hybridized carbons (Fsp3) is 0.842. The number of hydrogen-bond acceptors (Lipinski definition) is 3. The number of aliphatic imine (C=N–C) groups is 1. The van der Waals surface area contributed by atoms with Crippen molar-refractivity contribution in [3.63, 3.8) is 0 Å². The smallest absolute Gasteiger partial charge is 0.192 e. The molecule has 2 rings (SSSR count). The number of rotatable bonds is 8. The van der Waals surface area contributed by atoms with Gasteiger partial charge in [-0.1, -0.05) is 45.4 Å². The van der Waals surface area contributed by atoms with Gasteiger partial charge in [0.1, 0.15) is 12.4 Å². The van der Waals surface area contributed by atoms with E-state index in [-0.39, 0.29) is 0 Å². The van der Waals surface area contributed by atoms with Gasteiger partial charge in [-0.05, 0) is 33.1 Å². The van der Waals surface area contributed by atoms with Gasteiger partial charge in [0.25, 0.3) is 0 Å². The number of hydrogen-bond donors (Lipinski definition) is 2. The lowest BCUT2D eigenvalue weighted by molar-refractivity contribution is 0.407. The first kappa shape index (κ1) is 19.7. The molecule has 1 aromatic heterocycles. The zero-order valence-electron chi connectivity index (χ0n) is 16.5. The highest BCUT2D eigenvalue weighted by molar-refractivity contribution is 5.80. The molecule has 2 N–H and O–H groups in total. The summed E-state index contributed by atoms with van der Waals surface area (Å²) in [6.45, 7) is 7.02. The maximum Gasteiger partial charge on any atom is 0.192 e. The molecule has 0 amide bonds. The molecule has 1 heterocycles. The first-order valence-corrected chi connectivity index (χ1v) is 10.0. The maximum atomic E-state index is 4.80. The minimum atomic E-state index is 0.433. The Morgan fingerprint density at radius 3 is 2.64 bits per heavy atom. The van der Waals surface area contributed by atoms with Crippen molar-refractivity contribution in [2.45, 2.75) is 97.2 Å². The van der Waals surface area contributed by atoms with Gasteiger partial charge in [0.2, 0.25) is 0 Å². The lowest BCUT2D eigenvalue weighted by Gasteiger charge is -2.26. The molecule has 0 radical (unpaired) electrons. The summed E-state index contributed by atoms with van der Waals surface area (Å²) in [7, 11) is 2.00. The second-order valence-electron chi connectivity index (χ2n) is 7.41. The van der Waals surface area contributed by atoms with Crippen molar-refractivity contribution in [2.75, 3.05) is 0 Å². The normalized spacial score (nSPS) is 17.5. The molecule has 0 saturated heterocycles. The lowest BCUT2D eigenvalue weighted by Crippen LogP contribution is -2.47. The van der Waals surface area contributed by atoms with E-state index in [4.69, 9.17) is 4.99 Å². The molecule has 1 aliphatic rings. The number of aryl methyl sites for hydroxylation is 1. The van der Waals surface area contributed by atoms with E-state index in [0.29, 0.717) is 18.6 Å². The van der Waals surface area contributed by atoms with Crippen molar-refractivity contribution < 1.29 is 0 Å². The first-order valence-electron chi connectivity index (χ1n) is 10.0. The van der Waals surface area contributed by atoms with Crippen molar-refractivity contribution >= 4 is 5.96 Å². The molecule has 0 aliphatic heterocycles. The highest BCUT2D eigenvalue weighted by atomic mass is 15.3. The molecule has 6 nitrogen and oxygen atoms in total. The van der Waals surface area contributed by atoms with Crippen molar-refractivity contribution in [1.29, 1.82) is 0 Å². The third-order valence-corrected chi connectivity index (χ3v) is 5.13. The molecule has 1 unspecified atom stereocenters. The van der Waals surface area contributed by atoms with Crippen molar-refractivity contribution in [3.8, 4) is 0 Å². The number of nitrogens with zero attached hydrogens (tertiary/aromatic N) is 4. The van der Waals surface area contributed by atoms with Gasteiger partial charge in [-0.15, -0.1) is 10.2 Å². The van der Waals surface area contributed by atoms with E-state index >= 15 is 0 Å². The standard InChI is InChI=1S/C19H36N6/c1-5-6-8-11-15(2)21-19(22-17-12-9-7-10-13-17)20-14-18-24-23-16(3)25(18)4/h15,17H,5-14H2,1-4H3,(H2,20,21,22). The van der Waals surface area contributed by atoms with Crippen LogP contribution in [-0.4, -0.2) is 32.8 Å². The fourth-order valence-corrected chi connectivity index (χ4v) is 3.32. The average molecular weight is 349 g/mol. The molecule has 1 fully saturated rings. The maximum absolute atomic E-state index is 4.80. The molecule has 6 heteroatoms. The molecule has 25 heavy (non-hydrogen) atoms. The Morgan fingerprint density at radius 2 is 2.00 bits per heavy atom. The van der Waals surface area contributed by atoms with Crippen LogP contribution in [0.25, 0.3) is 0 Å². The van der Waals surface area contributed by atoms with Crippen molar-refractivity contribution in [1.82, 2.24) is 25.4 Å². The largest absolute Gasteiger partial charge is 0.354 e. The average Bonchev–Trinajstić information content (AvgIpc) is 2.93.